The number of hydrogen-bond acceptors (Lipinski definition) is 4. The molecule has 2 rings (SSSR count). The van der Waals surface area contributed by atoms with E-state index >= 15 is 0 Å². The van der Waals surface area contributed by atoms with E-state index in [1.807, 2.05) is 30.7 Å². The van der Waals surface area contributed by atoms with Crippen LogP contribution in [-0.2, 0) is 20.0 Å². The molecule has 2 N–H and O–H groups in total. The molecule has 0 amide bonds. The van der Waals surface area contributed by atoms with E-state index in [2.05, 4.69) is 58.7 Å². The third kappa shape index (κ3) is 6.06. The Kier molecular flexibility index (Phi) is 6.60. The Balaban J connectivity index is 1.97. The molecule has 0 saturated carbocycles. The molecule has 0 aliphatic heterocycles. The number of aliphatic imine (C=N–C) groups is 1. The molecule has 0 aliphatic carbocycles. The largest absolute Gasteiger partial charge is 0.497 e. The summed E-state index contributed by atoms with van der Waals surface area (Å²) in [5.41, 5.74) is 1.17. The van der Waals surface area contributed by atoms with Crippen LogP contribution in [-0.4, -0.2) is 39.9 Å². The van der Waals surface area contributed by atoms with E-state index in [-0.39, 0.29) is 5.54 Å². The van der Waals surface area contributed by atoms with Gasteiger partial charge in [0, 0.05) is 19.1 Å². The summed E-state index contributed by atoms with van der Waals surface area (Å²) < 4.78 is 7.15. The van der Waals surface area contributed by atoms with Gasteiger partial charge in [0.1, 0.15) is 18.1 Å². The Morgan fingerprint density at radius 3 is 2.42 bits per heavy atom. The lowest BCUT2D eigenvalue weighted by Crippen LogP contribution is -2.48. The topological polar surface area (TPSA) is 76.4 Å². The minimum Gasteiger partial charge on any atom is -0.497 e. The van der Waals surface area contributed by atoms with Crippen LogP contribution < -0.4 is 15.4 Å². The molecule has 26 heavy (non-hydrogen) atoms. The van der Waals surface area contributed by atoms with Crippen molar-refractivity contribution in [1.29, 1.82) is 0 Å². The molecule has 1 heterocycles. The minimum atomic E-state index is -0.0816. The fourth-order valence-electron chi connectivity index (χ4n) is 2.35. The number of ether oxygens (including phenoxy) is 1. The number of aromatic nitrogens is 3. The van der Waals surface area contributed by atoms with Gasteiger partial charge in [-0.25, -0.2) is 4.99 Å². The van der Waals surface area contributed by atoms with Gasteiger partial charge < -0.3 is 19.9 Å². The van der Waals surface area contributed by atoms with Crippen LogP contribution in [0.3, 0.4) is 0 Å². The van der Waals surface area contributed by atoms with Crippen molar-refractivity contribution in [2.24, 2.45) is 12.0 Å². The summed E-state index contributed by atoms with van der Waals surface area (Å²) in [6.07, 6.45) is 0.901. The lowest BCUT2D eigenvalue weighted by atomic mass is 10.1. The Morgan fingerprint density at radius 2 is 1.88 bits per heavy atom. The van der Waals surface area contributed by atoms with Gasteiger partial charge in [-0.2, -0.15) is 0 Å². The number of nitrogens with zero attached hydrogens (tertiary/aromatic N) is 4. The first-order chi connectivity index (χ1) is 12.3. The van der Waals surface area contributed by atoms with E-state index in [4.69, 9.17) is 4.74 Å². The number of benzene rings is 1. The number of methoxy groups -OCH3 is 1. The Hall–Kier alpha value is -2.57. The first-order valence-electron chi connectivity index (χ1n) is 8.83. The van der Waals surface area contributed by atoms with Crippen molar-refractivity contribution in [2.75, 3.05) is 13.7 Å². The van der Waals surface area contributed by atoms with Crippen LogP contribution in [0.25, 0.3) is 0 Å². The third-order valence-electron chi connectivity index (χ3n) is 3.92. The SMILES string of the molecule is COc1ccc(CCNC(=NCc2nnc(C)n2C)NC(C)(C)C)cc1. The standard InChI is InChI=1S/C19H30N6O/c1-14-23-24-17(25(14)5)13-21-18(22-19(2,3)4)20-12-11-15-7-9-16(26-6)10-8-15/h7-10H,11-13H2,1-6H3,(H2,20,21,22). The van der Waals surface area contributed by atoms with Gasteiger partial charge in [0.15, 0.2) is 11.8 Å². The summed E-state index contributed by atoms with van der Waals surface area (Å²) in [5.74, 6) is 3.37. The third-order valence-corrected chi connectivity index (χ3v) is 3.92. The van der Waals surface area contributed by atoms with Crippen LogP contribution in [0.5, 0.6) is 5.75 Å². The molecule has 0 atom stereocenters. The second-order valence-electron chi connectivity index (χ2n) is 7.29. The zero-order chi connectivity index (χ0) is 19.2. The lowest BCUT2D eigenvalue weighted by molar-refractivity contribution is 0.414. The molecular formula is C19H30N6O. The van der Waals surface area contributed by atoms with E-state index in [0.29, 0.717) is 6.54 Å². The summed E-state index contributed by atoms with van der Waals surface area (Å²) in [6.45, 7) is 9.53. The van der Waals surface area contributed by atoms with Crippen LogP contribution in [0.4, 0.5) is 0 Å². The van der Waals surface area contributed by atoms with Gasteiger partial charge in [0.2, 0.25) is 0 Å². The zero-order valence-electron chi connectivity index (χ0n) is 16.6. The van der Waals surface area contributed by atoms with Crippen molar-refractivity contribution in [3.05, 3.63) is 41.5 Å². The number of rotatable bonds is 6. The number of hydrogen-bond donors (Lipinski definition) is 2. The van der Waals surface area contributed by atoms with Gasteiger partial charge in [-0.15, -0.1) is 10.2 Å². The molecule has 7 nitrogen and oxygen atoms in total. The first-order valence-corrected chi connectivity index (χ1v) is 8.83. The van der Waals surface area contributed by atoms with Gasteiger partial charge >= 0.3 is 0 Å². The zero-order valence-corrected chi connectivity index (χ0v) is 16.6. The molecule has 1 aromatic heterocycles. The van der Waals surface area contributed by atoms with Gasteiger partial charge in [-0.3, -0.25) is 0 Å². The highest BCUT2D eigenvalue weighted by Crippen LogP contribution is 2.11. The second-order valence-corrected chi connectivity index (χ2v) is 7.29. The second kappa shape index (κ2) is 8.69. The van der Waals surface area contributed by atoms with Crippen molar-refractivity contribution in [3.8, 4) is 5.75 Å². The molecule has 1 aromatic carbocycles. The van der Waals surface area contributed by atoms with E-state index in [9.17, 15) is 0 Å². The van der Waals surface area contributed by atoms with Gasteiger partial charge in [-0.05, 0) is 51.8 Å². The lowest BCUT2D eigenvalue weighted by Gasteiger charge is -2.24. The van der Waals surface area contributed by atoms with Crippen molar-refractivity contribution in [2.45, 2.75) is 46.2 Å². The summed E-state index contributed by atoms with van der Waals surface area (Å²) >= 11 is 0. The molecule has 0 unspecified atom stereocenters. The molecule has 7 heteroatoms. The molecule has 0 bridgehead atoms. The molecule has 2 aromatic rings. The Morgan fingerprint density at radius 1 is 1.19 bits per heavy atom. The summed E-state index contributed by atoms with van der Waals surface area (Å²) in [5, 5.41) is 15.1. The molecule has 142 valence electrons. The molecule has 0 radical (unpaired) electrons. The Labute approximate surface area is 155 Å². The maximum absolute atomic E-state index is 5.19. The van der Waals surface area contributed by atoms with Crippen molar-refractivity contribution >= 4 is 5.96 Å². The maximum atomic E-state index is 5.19. The minimum absolute atomic E-state index is 0.0816. The van der Waals surface area contributed by atoms with E-state index in [0.717, 1.165) is 36.3 Å². The smallest absolute Gasteiger partial charge is 0.192 e. The first kappa shape index (κ1) is 19.8. The van der Waals surface area contributed by atoms with Gasteiger partial charge in [-0.1, -0.05) is 12.1 Å². The van der Waals surface area contributed by atoms with E-state index in [1.54, 1.807) is 7.11 Å². The highest BCUT2D eigenvalue weighted by Gasteiger charge is 2.13. The number of guanidine groups is 1. The quantitative estimate of drug-likeness (QED) is 0.612. The highest BCUT2D eigenvalue weighted by molar-refractivity contribution is 5.80. The van der Waals surface area contributed by atoms with Crippen LogP contribution in [0.2, 0.25) is 0 Å². The van der Waals surface area contributed by atoms with Crippen LogP contribution in [0.1, 0.15) is 38.0 Å². The highest BCUT2D eigenvalue weighted by atomic mass is 16.5. The van der Waals surface area contributed by atoms with Crippen LogP contribution in [0, 0.1) is 6.92 Å². The molecule has 0 fully saturated rings. The fourth-order valence-corrected chi connectivity index (χ4v) is 2.35. The van der Waals surface area contributed by atoms with Crippen molar-refractivity contribution < 1.29 is 4.74 Å². The predicted molar refractivity (Wildman–Crippen MR) is 104 cm³/mol. The fraction of sp³-hybridized carbons (Fsp3) is 0.526. The average Bonchev–Trinajstić information content (AvgIpc) is 2.91. The summed E-state index contributed by atoms with van der Waals surface area (Å²) in [4.78, 5) is 4.66. The number of nitrogens with one attached hydrogen (secondary N) is 2. The van der Waals surface area contributed by atoms with Gasteiger partial charge in [0.25, 0.3) is 0 Å². The van der Waals surface area contributed by atoms with Gasteiger partial charge in [0.05, 0.1) is 7.11 Å². The summed E-state index contributed by atoms with van der Waals surface area (Å²) in [7, 11) is 3.63. The molecule has 0 aliphatic rings. The van der Waals surface area contributed by atoms with Crippen molar-refractivity contribution in [3.63, 3.8) is 0 Å². The predicted octanol–water partition coefficient (Wildman–Crippen LogP) is 2.21. The van der Waals surface area contributed by atoms with E-state index in [1.165, 1.54) is 5.56 Å². The van der Waals surface area contributed by atoms with Crippen molar-refractivity contribution in [1.82, 2.24) is 25.4 Å². The Bertz CT molecular complexity index is 727. The average molecular weight is 358 g/mol. The molecule has 0 saturated heterocycles. The van der Waals surface area contributed by atoms with Crippen LogP contribution >= 0.6 is 0 Å². The maximum Gasteiger partial charge on any atom is 0.192 e. The summed E-state index contributed by atoms with van der Waals surface area (Å²) in [6, 6.07) is 8.12. The molecule has 0 spiro atoms. The van der Waals surface area contributed by atoms with E-state index < -0.39 is 0 Å². The molecular weight excluding hydrogens is 328 g/mol. The monoisotopic (exact) mass is 358 g/mol. The number of aryl methyl sites for hydroxylation is 1. The van der Waals surface area contributed by atoms with Crippen LogP contribution in [0.15, 0.2) is 29.3 Å². The normalized spacial score (nSPS) is 12.2.